The molecule has 5 nitrogen and oxygen atoms in total. The monoisotopic (exact) mass is 314 g/mol. The molecule has 4 aliphatic rings. The highest BCUT2D eigenvalue weighted by atomic mass is 16.5. The largest absolute Gasteiger partial charge is 0.507 e. The number of ether oxygens (including phenoxy) is 1. The number of allylic oxidation sites excluding steroid dienone is 1. The van der Waals surface area contributed by atoms with Gasteiger partial charge in [0.2, 0.25) is 0 Å². The Labute approximate surface area is 133 Å². The normalized spacial score (nSPS) is 37.7. The molecule has 4 atom stereocenters. The number of rotatable bonds is 1. The summed E-state index contributed by atoms with van der Waals surface area (Å²) in [7, 11) is 1.55. The molecule has 0 aromatic heterocycles. The maximum atomic E-state index is 13.1. The first-order chi connectivity index (χ1) is 10.8. The molecular weight excluding hydrogens is 296 g/mol. The summed E-state index contributed by atoms with van der Waals surface area (Å²) in [5.41, 5.74) is -1.38. The van der Waals surface area contributed by atoms with Crippen LogP contribution in [0.1, 0.15) is 40.5 Å². The fraction of sp³-hybridized carbons (Fsp3) is 0.444. The minimum atomic E-state index is -0.815. The third kappa shape index (κ3) is 1.55. The Morgan fingerprint density at radius 3 is 2.04 bits per heavy atom. The molecule has 0 aliphatic heterocycles. The highest BCUT2D eigenvalue weighted by Crippen LogP contribution is 2.60. The number of fused-ring (bicyclic) bond motifs is 2. The maximum absolute atomic E-state index is 13.1. The molecule has 2 N–H and O–H groups in total. The van der Waals surface area contributed by atoms with Crippen LogP contribution in [0, 0.1) is 17.3 Å². The highest BCUT2D eigenvalue weighted by molar-refractivity contribution is 6.19. The molecule has 1 saturated carbocycles. The predicted octanol–water partition coefficient (Wildman–Crippen LogP) is 2.46. The average Bonchev–Trinajstić information content (AvgIpc) is 2.54. The minimum Gasteiger partial charge on any atom is -0.507 e. The molecule has 1 fully saturated rings. The molecule has 5 rings (SSSR count). The van der Waals surface area contributed by atoms with E-state index in [1.165, 1.54) is 12.1 Å². The summed E-state index contributed by atoms with van der Waals surface area (Å²) in [4.78, 5) is 26.2. The fourth-order valence-electron chi connectivity index (χ4n) is 4.66. The van der Waals surface area contributed by atoms with Crippen molar-refractivity contribution in [1.82, 2.24) is 0 Å². The summed E-state index contributed by atoms with van der Waals surface area (Å²) in [6.07, 6.45) is 5.27. The number of phenolic OH excluding ortho intramolecular Hbond substituents is 2. The number of carbonyl (C=O) groups is 2. The standard InChI is InChI=1S/C18H18O5/c1-17-5-7-18(23-2,8-6-17)14-13(17)15(21)11-9(19)3-4-10(20)12(11)16(14)22/h3-5,7,13-14,19-20H,6,8H2,1-2H3. The first kappa shape index (κ1) is 14.5. The molecule has 0 radical (unpaired) electrons. The fourth-order valence-corrected chi connectivity index (χ4v) is 4.66. The number of benzene rings is 1. The average molecular weight is 314 g/mol. The lowest BCUT2D eigenvalue weighted by Gasteiger charge is -2.56. The van der Waals surface area contributed by atoms with Crippen LogP contribution in [0.15, 0.2) is 24.3 Å². The molecule has 0 spiro atoms. The van der Waals surface area contributed by atoms with Gasteiger partial charge in [0.1, 0.15) is 11.5 Å². The molecule has 1 aromatic rings. The van der Waals surface area contributed by atoms with Crippen molar-refractivity contribution in [2.45, 2.75) is 25.4 Å². The second-order valence-corrected chi connectivity index (χ2v) is 7.04. The van der Waals surface area contributed by atoms with E-state index in [1.54, 1.807) is 7.11 Å². The van der Waals surface area contributed by atoms with Crippen molar-refractivity contribution < 1.29 is 24.5 Å². The van der Waals surface area contributed by atoms with Crippen molar-refractivity contribution in [3.8, 4) is 11.5 Å². The summed E-state index contributed by atoms with van der Waals surface area (Å²) in [5, 5.41) is 20.2. The van der Waals surface area contributed by atoms with Crippen LogP contribution in [0.25, 0.3) is 0 Å². The van der Waals surface area contributed by atoms with Crippen LogP contribution in [0.4, 0.5) is 0 Å². The number of methoxy groups -OCH3 is 1. The van der Waals surface area contributed by atoms with Gasteiger partial charge in [-0.2, -0.15) is 0 Å². The number of phenols is 2. The van der Waals surface area contributed by atoms with E-state index in [-0.39, 0.29) is 34.2 Å². The lowest BCUT2D eigenvalue weighted by atomic mass is 9.48. The van der Waals surface area contributed by atoms with Crippen molar-refractivity contribution >= 4 is 11.6 Å². The summed E-state index contributed by atoms with van der Waals surface area (Å²) in [5.74, 6) is -2.37. The van der Waals surface area contributed by atoms with Gasteiger partial charge in [0.25, 0.3) is 0 Å². The molecule has 4 aliphatic carbocycles. The maximum Gasteiger partial charge on any atom is 0.174 e. The van der Waals surface area contributed by atoms with Gasteiger partial charge in [0, 0.05) is 13.0 Å². The predicted molar refractivity (Wildman–Crippen MR) is 81.6 cm³/mol. The van der Waals surface area contributed by atoms with Crippen molar-refractivity contribution in [2.24, 2.45) is 17.3 Å². The van der Waals surface area contributed by atoms with E-state index in [4.69, 9.17) is 4.74 Å². The molecule has 120 valence electrons. The Hall–Kier alpha value is -2.14. The lowest BCUT2D eigenvalue weighted by Crippen LogP contribution is -2.62. The second-order valence-electron chi connectivity index (χ2n) is 7.04. The van der Waals surface area contributed by atoms with E-state index < -0.39 is 22.9 Å². The van der Waals surface area contributed by atoms with Crippen LogP contribution in [0.5, 0.6) is 11.5 Å². The molecular formula is C18H18O5. The smallest absolute Gasteiger partial charge is 0.174 e. The first-order valence-electron chi connectivity index (χ1n) is 7.73. The number of carbonyl (C=O) groups excluding carboxylic acids is 2. The second kappa shape index (κ2) is 4.23. The van der Waals surface area contributed by atoms with Gasteiger partial charge in [-0.1, -0.05) is 19.1 Å². The molecule has 0 heterocycles. The summed E-state index contributed by atoms with van der Waals surface area (Å²) < 4.78 is 5.68. The Morgan fingerprint density at radius 2 is 1.57 bits per heavy atom. The number of hydrogen-bond acceptors (Lipinski definition) is 5. The van der Waals surface area contributed by atoms with Crippen molar-refractivity contribution in [2.75, 3.05) is 7.11 Å². The van der Waals surface area contributed by atoms with Crippen molar-refractivity contribution in [3.05, 3.63) is 35.4 Å². The van der Waals surface area contributed by atoms with Gasteiger partial charge in [-0.3, -0.25) is 9.59 Å². The molecule has 4 unspecified atom stereocenters. The Balaban J connectivity index is 2.02. The Bertz CT molecular complexity index is 780. The number of Topliss-reactive ketones (excluding diaryl/α,β-unsaturated/α-hetero) is 2. The van der Waals surface area contributed by atoms with E-state index in [0.29, 0.717) is 6.42 Å². The van der Waals surface area contributed by atoms with Gasteiger partial charge in [-0.25, -0.2) is 0 Å². The molecule has 1 aromatic carbocycles. The molecule has 5 heteroatoms. The first-order valence-corrected chi connectivity index (χ1v) is 7.73. The van der Waals surface area contributed by atoms with E-state index in [0.717, 1.165) is 6.42 Å². The van der Waals surface area contributed by atoms with E-state index >= 15 is 0 Å². The van der Waals surface area contributed by atoms with Gasteiger partial charge >= 0.3 is 0 Å². The zero-order valence-corrected chi connectivity index (χ0v) is 13.0. The van der Waals surface area contributed by atoms with Crippen molar-refractivity contribution in [3.63, 3.8) is 0 Å². The van der Waals surface area contributed by atoms with Crippen LogP contribution >= 0.6 is 0 Å². The highest BCUT2D eigenvalue weighted by Gasteiger charge is 2.64. The molecule has 0 saturated heterocycles. The SMILES string of the molecule is COC12C=CC(C)(CC1)C1C(=O)c3c(O)ccc(O)c3C(=O)C12. The zero-order valence-electron chi connectivity index (χ0n) is 13.0. The zero-order chi connectivity index (χ0) is 16.6. The van der Waals surface area contributed by atoms with E-state index in [9.17, 15) is 19.8 Å². The van der Waals surface area contributed by atoms with Crippen LogP contribution in [-0.4, -0.2) is 34.5 Å². The summed E-state index contributed by atoms with van der Waals surface area (Å²) >= 11 is 0. The third-order valence-electron chi connectivity index (χ3n) is 5.97. The Morgan fingerprint density at radius 1 is 1.00 bits per heavy atom. The van der Waals surface area contributed by atoms with Crippen LogP contribution in [0.3, 0.4) is 0 Å². The molecule has 23 heavy (non-hydrogen) atoms. The van der Waals surface area contributed by atoms with Gasteiger partial charge in [-0.05, 0) is 30.4 Å². The van der Waals surface area contributed by atoms with Crippen molar-refractivity contribution in [1.29, 1.82) is 0 Å². The molecule has 0 amide bonds. The van der Waals surface area contributed by atoms with Crippen LogP contribution in [0.2, 0.25) is 0 Å². The third-order valence-corrected chi connectivity index (χ3v) is 5.97. The topological polar surface area (TPSA) is 83.8 Å². The van der Waals surface area contributed by atoms with Crippen LogP contribution < -0.4 is 0 Å². The Kier molecular flexibility index (Phi) is 2.66. The van der Waals surface area contributed by atoms with Gasteiger partial charge < -0.3 is 14.9 Å². The molecule has 2 bridgehead atoms. The number of ketones is 2. The summed E-state index contributed by atoms with van der Waals surface area (Å²) in [6, 6.07) is 2.50. The van der Waals surface area contributed by atoms with Gasteiger partial charge in [0.05, 0.1) is 22.6 Å². The lowest BCUT2D eigenvalue weighted by molar-refractivity contribution is -0.0892. The summed E-state index contributed by atoms with van der Waals surface area (Å²) in [6.45, 7) is 1.97. The van der Waals surface area contributed by atoms with Crippen LogP contribution in [-0.2, 0) is 4.74 Å². The van der Waals surface area contributed by atoms with E-state index in [1.807, 2.05) is 19.1 Å². The van der Waals surface area contributed by atoms with Gasteiger partial charge in [0.15, 0.2) is 11.6 Å². The van der Waals surface area contributed by atoms with Gasteiger partial charge in [-0.15, -0.1) is 0 Å². The van der Waals surface area contributed by atoms with E-state index in [2.05, 4.69) is 0 Å². The minimum absolute atomic E-state index is 0.0512. The quantitative estimate of drug-likeness (QED) is 0.614. The number of aromatic hydroxyl groups is 2. The number of hydrogen-bond donors (Lipinski definition) is 2.